The number of hydrogen-bond donors (Lipinski definition) is 2. The first-order chi connectivity index (χ1) is 13.1. The van der Waals surface area contributed by atoms with E-state index in [4.69, 9.17) is 14.6 Å². The van der Waals surface area contributed by atoms with Crippen molar-refractivity contribution in [3.05, 3.63) is 35.9 Å². The first kappa shape index (κ1) is 23.8. The molecule has 0 aromatic heterocycles. The number of amides is 2. The van der Waals surface area contributed by atoms with Crippen molar-refractivity contribution in [2.24, 2.45) is 5.92 Å². The number of hydrogen-bond acceptors (Lipinski definition) is 5. The predicted molar refractivity (Wildman–Crippen MR) is 108 cm³/mol. The Bertz CT molecular complexity index is 599. The highest BCUT2D eigenvalue weighted by Gasteiger charge is 2.27. The van der Waals surface area contributed by atoms with Crippen molar-refractivity contribution >= 4 is 12.2 Å². The molecule has 7 nitrogen and oxygen atoms in total. The quantitative estimate of drug-likeness (QED) is 0.669. The Morgan fingerprint density at radius 1 is 1.18 bits per heavy atom. The third-order valence-corrected chi connectivity index (χ3v) is 3.98. The van der Waals surface area contributed by atoms with Gasteiger partial charge in [0.1, 0.15) is 12.2 Å². The van der Waals surface area contributed by atoms with Gasteiger partial charge in [-0.1, -0.05) is 44.2 Å². The summed E-state index contributed by atoms with van der Waals surface area (Å²) in [6, 6.07) is 9.12. The van der Waals surface area contributed by atoms with Gasteiger partial charge < -0.3 is 24.8 Å². The van der Waals surface area contributed by atoms with E-state index in [0.29, 0.717) is 13.0 Å². The van der Waals surface area contributed by atoms with E-state index in [9.17, 15) is 9.59 Å². The number of nitrogens with zero attached hydrogens (tertiary/aromatic N) is 1. The van der Waals surface area contributed by atoms with Crippen LogP contribution in [0.1, 0.15) is 46.6 Å². The van der Waals surface area contributed by atoms with Crippen LogP contribution >= 0.6 is 0 Å². The van der Waals surface area contributed by atoms with Crippen molar-refractivity contribution < 1.29 is 24.2 Å². The molecule has 1 aromatic rings. The van der Waals surface area contributed by atoms with Gasteiger partial charge in [0, 0.05) is 19.7 Å². The maximum Gasteiger partial charge on any atom is 0.410 e. The van der Waals surface area contributed by atoms with Crippen molar-refractivity contribution in [1.82, 2.24) is 10.2 Å². The fraction of sp³-hybridized carbons (Fsp3) is 0.619. The Labute approximate surface area is 168 Å². The molecule has 0 unspecified atom stereocenters. The zero-order valence-corrected chi connectivity index (χ0v) is 17.6. The van der Waals surface area contributed by atoms with Gasteiger partial charge in [0.15, 0.2) is 0 Å². The van der Waals surface area contributed by atoms with E-state index < -0.39 is 17.8 Å². The number of carbonyl (C=O) groups excluding carboxylic acids is 2. The third-order valence-electron chi connectivity index (χ3n) is 3.98. The summed E-state index contributed by atoms with van der Waals surface area (Å²) >= 11 is 0. The zero-order valence-electron chi connectivity index (χ0n) is 17.6. The molecule has 0 heterocycles. The van der Waals surface area contributed by atoms with Gasteiger partial charge in [-0.2, -0.15) is 0 Å². The number of rotatable bonds is 9. The van der Waals surface area contributed by atoms with Crippen molar-refractivity contribution in [3.63, 3.8) is 0 Å². The number of aliphatic hydroxyl groups is 1. The average molecular weight is 395 g/mol. The number of benzene rings is 1. The van der Waals surface area contributed by atoms with Crippen LogP contribution in [0, 0.1) is 5.92 Å². The summed E-state index contributed by atoms with van der Waals surface area (Å²) < 4.78 is 10.7. The molecule has 2 amide bonds. The number of nitrogens with one attached hydrogen (secondary N) is 1. The van der Waals surface area contributed by atoms with E-state index in [1.165, 1.54) is 4.90 Å². The zero-order chi connectivity index (χ0) is 21.2. The Hall–Kier alpha value is -2.28. The highest BCUT2D eigenvalue weighted by atomic mass is 16.6. The van der Waals surface area contributed by atoms with Crippen LogP contribution in [0.25, 0.3) is 0 Å². The van der Waals surface area contributed by atoms with Gasteiger partial charge in [-0.3, -0.25) is 0 Å². The molecule has 1 aromatic carbocycles. The van der Waals surface area contributed by atoms with Gasteiger partial charge in [0.2, 0.25) is 0 Å². The van der Waals surface area contributed by atoms with E-state index in [1.807, 2.05) is 44.2 Å². The normalized spacial score (nSPS) is 12.4. The van der Waals surface area contributed by atoms with Crippen LogP contribution in [-0.2, 0) is 16.1 Å². The van der Waals surface area contributed by atoms with Crippen LogP contribution in [0.5, 0.6) is 0 Å². The molecule has 0 aliphatic carbocycles. The van der Waals surface area contributed by atoms with Crippen LogP contribution in [0.15, 0.2) is 30.3 Å². The minimum Gasteiger partial charge on any atom is -0.445 e. The smallest absolute Gasteiger partial charge is 0.410 e. The molecule has 0 radical (unpaired) electrons. The number of aliphatic hydroxyl groups excluding tert-OH is 1. The van der Waals surface area contributed by atoms with Gasteiger partial charge in [0.25, 0.3) is 0 Å². The van der Waals surface area contributed by atoms with Crippen LogP contribution in [-0.4, -0.2) is 53.5 Å². The second-order valence-corrected chi connectivity index (χ2v) is 8.06. The Morgan fingerprint density at radius 2 is 1.82 bits per heavy atom. The van der Waals surface area contributed by atoms with Crippen LogP contribution in [0.4, 0.5) is 9.59 Å². The lowest BCUT2D eigenvalue weighted by Gasteiger charge is -2.32. The van der Waals surface area contributed by atoms with E-state index in [-0.39, 0.29) is 31.7 Å². The Kier molecular flexibility index (Phi) is 9.79. The molecule has 0 fully saturated rings. The fourth-order valence-electron chi connectivity index (χ4n) is 2.42. The van der Waals surface area contributed by atoms with E-state index >= 15 is 0 Å². The van der Waals surface area contributed by atoms with Gasteiger partial charge in [-0.05, 0) is 38.7 Å². The molecule has 0 saturated heterocycles. The van der Waals surface area contributed by atoms with Gasteiger partial charge in [-0.25, -0.2) is 9.59 Å². The van der Waals surface area contributed by atoms with Gasteiger partial charge in [-0.15, -0.1) is 0 Å². The molecule has 0 saturated carbocycles. The van der Waals surface area contributed by atoms with Crippen molar-refractivity contribution in [2.75, 3.05) is 19.7 Å². The van der Waals surface area contributed by atoms with Gasteiger partial charge >= 0.3 is 12.2 Å². The fourth-order valence-corrected chi connectivity index (χ4v) is 2.42. The molecule has 7 heteroatoms. The first-order valence-electron chi connectivity index (χ1n) is 9.68. The van der Waals surface area contributed by atoms with Gasteiger partial charge in [0.05, 0.1) is 6.04 Å². The van der Waals surface area contributed by atoms with E-state index in [1.54, 1.807) is 20.8 Å². The summed E-state index contributed by atoms with van der Waals surface area (Å²) in [5.41, 5.74) is 0.279. The average Bonchev–Trinajstić information content (AvgIpc) is 2.61. The highest BCUT2D eigenvalue weighted by molar-refractivity contribution is 5.69. The molecule has 158 valence electrons. The van der Waals surface area contributed by atoms with Crippen molar-refractivity contribution in [3.8, 4) is 0 Å². The molecular formula is C21H34N2O5. The van der Waals surface area contributed by atoms with Crippen LogP contribution in [0.3, 0.4) is 0 Å². The molecular weight excluding hydrogens is 360 g/mol. The van der Waals surface area contributed by atoms with Crippen LogP contribution < -0.4 is 5.32 Å². The summed E-state index contributed by atoms with van der Waals surface area (Å²) in [5.74, 6) is 0.0725. The summed E-state index contributed by atoms with van der Waals surface area (Å²) in [7, 11) is 0. The first-order valence-corrected chi connectivity index (χ1v) is 9.68. The van der Waals surface area contributed by atoms with Crippen molar-refractivity contribution in [2.45, 2.75) is 59.3 Å². The second kappa shape index (κ2) is 11.5. The monoisotopic (exact) mass is 394 g/mol. The summed E-state index contributed by atoms with van der Waals surface area (Å²) in [6.07, 6.45) is -0.567. The molecule has 0 spiro atoms. The number of ether oxygens (including phenoxy) is 2. The van der Waals surface area contributed by atoms with E-state index in [2.05, 4.69) is 5.32 Å². The summed E-state index contributed by atoms with van der Waals surface area (Å²) in [5, 5.41) is 12.0. The lowest BCUT2D eigenvalue weighted by atomic mass is 10.0. The molecule has 0 bridgehead atoms. The number of carbonyl (C=O) groups is 2. The summed E-state index contributed by atoms with van der Waals surface area (Å²) in [4.78, 5) is 26.2. The maximum absolute atomic E-state index is 12.5. The molecule has 1 atom stereocenters. The molecule has 1 rings (SSSR count). The molecule has 2 N–H and O–H groups in total. The van der Waals surface area contributed by atoms with Crippen molar-refractivity contribution in [1.29, 1.82) is 0 Å². The Balaban J connectivity index is 2.69. The third kappa shape index (κ3) is 9.60. The molecule has 28 heavy (non-hydrogen) atoms. The second-order valence-electron chi connectivity index (χ2n) is 8.06. The number of alkyl carbamates (subject to hydrolysis) is 1. The highest BCUT2D eigenvalue weighted by Crippen LogP contribution is 2.13. The topological polar surface area (TPSA) is 88.1 Å². The largest absolute Gasteiger partial charge is 0.445 e. The lowest BCUT2D eigenvalue weighted by molar-refractivity contribution is 0.0208. The Morgan fingerprint density at radius 3 is 2.36 bits per heavy atom. The molecule has 0 aliphatic rings. The lowest BCUT2D eigenvalue weighted by Crippen LogP contribution is -2.49. The minimum atomic E-state index is -0.621. The standard InChI is InChI=1S/C21H34N2O5/c1-16(2)18(22-19(25)27-15-17-10-7-6-8-11-17)14-23(12-9-13-24)20(26)28-21(3,4)5/h6-8,10-11,16,18,24H,9,12-15H2,1-5H3,(H,22,25)/t18-/m0/s1. The molecule has 0 aliphatic heterocycles. The van der Waals surface area contributed by atoms with Crippen LogP contribution in [0.2, 0.25) is 0 Å². The van der Waals surface area contributed by atoms with E-state index in [0.717, 1.165) is 5.56 Å². The summed E-state index contributed by atoms with van der Waals surface area (Å²) in [6.45, 7) is 10.1. The maximum atomic E-state index is 12.5. The SMILES string of the molecule is CC(C)[C@H](CN(CCCO)C(=O)OC(C)(C)C)NC(=O)OCc1ccccc1. The predicted octanol–water partition coefficient (Wildman–Crippen LogP) is 3.56. The minimum absolute atomic E-state index is 0.0296.